The lowest BCUT2D eigenvalue weighted by Crippen LogP contribution is -2.21. The van der Waals surface area contributed by atoms with Gasteiger partial charge in [0.25, 0.3) is 5.69 Å². The number of benzene rings is 1. The Morgan fingerprint density at radius 3 is 2.58 bits per heavy atom. The summed E-state index contributed by atoms with van der Waals surface area (Å²) in [4.78, 5) is 10.3. The largest absolute Gasteiger partial charge is 0.493 e. The summed E-state index contributed by atoms with van der Waals surface area (Å²) in [6.45, 7) is 7.71. The maximum absolute atomic E-state index is 10.7. The fraction of sp³-hybridized carbons (Fsp3) is 0.667. The van der Waals surface area contributed by atoms with Gasteiger partial charge in [0.1, 0.15) is 6.61 Å². The minimum Gasteiger partial charge on any atom is -0.493 e. The molecule has 0 spiro atoms. The third-order valence-electron chi connectivity index (χ3n) is 3.31. The van der Waals surface area contributed by atoms with Gasteiger partial charge in [-0.15, -0.1) is 0 Å². The van der Waals surface area contributed by atoms with Crippen LogP contribution >= 0.6 is 0 Å². The highest BCUT2D eigenvalue weighted by Crippen LogP contribution is 2.31. The van der Waals surface area contributed by atoms with Crippen LogP contribution < -0.4 is 9.47 Å². The molecule has 0 aromatic heterocycles. The molecule has 1 aliphatic heterocycles. The van der Waals surface area contributed by atoms with Crippen LogP contribution in [0.4, 0.5) is 5.69 Å². The molecule has 1 heterocycles. The Kier molecular flexibility index (Phi) is 9.15. The zero-order valence-electron chi connectivity index (χ0n) is 15.1. The number of nitro groups is 1. The van der Waals surface area contributed by atoms with E-state index in [1.807, 2.05) is 0 Å². The van der Waals surface area contributed by atoms with Crippen LogP contribution in [0.15, 0.2) is 18.2 Å². The van der Waals surface area contributed by atoms with Gasteiger partial charge < -0.3 is 14.2 Å². The standard InChI is InChI=1S/C14H19NO5.C4H10/c1-18-14-9-11(15(16)17)6-7-13(14)20-10-12-5-3-2-4-8-19-12;1-4(2)3/h6-7,9,12H,2-5,8,10H2,1H3;4H,1-3H3. The van der Waals surface area contributed by atoms with E-state index in [-0.39, 0.29) is 11.8 Å². The van der Waals surface area contributed by atoms with Gasteiger partial charge in [-0.1, -0.05) is 33.6 Å². The Labute approximate surface area is 144 Å². The molecule has 0 radical (unpaired) electrons. The van der Waals surface area contributed by atoms with Crippen LogP contribution in [-0.2, 0) is 4.74 Å². The van der Waals surface area contributed by atoms with Gasteiger partial charge >= 0.3 is 0 Å². The summed E-state index contributed by atoms with van der Waals surface area (Å²) in [6.07, 6.45) is 4.49. The van der Waals surface area contributed by atoms with E-state index in [1.165, 1.54) is 25.7 Å². The fourth-order valence-electron chi connectivity index (χ4n) is 2.19. The molecule has 136 valence electrons. The molecule has 1 fully saturated rings. The van der Waals surface area contributed by atoms with Crippen LogP contribution in [0.5, 0.6) is 11.5 Å². The number of hydrogen-bond donors (Lipinski definition) is 0. The molecule has 1 aliphatic rings. The zero-order valence-corrected chi connectivity index (χ0v) is 15.1. The minimum atomic E-state index is -0.458. The molecule has 6 nitrogen and oxygen atoms in total. The Balaban J connectivity index is 0.000000648. The predicted molar refractivity (Wildman–Crippen MR) is 93.9 cm³/mol. The van der Waals surface area contributed by atoms with Crippen molar-refractivity contribution in [2.45, 2.75) is 52.6 Å². The van der Waals surface area contributed by atoms with Gasteiger partial charge in [-0.3, -0.25) is 10.1 Å². The number of nitro benzene ring substituents is 1. The SMILES string of the molecule is CC(C)C.COc1cc([N+](=O)[O-])ccc1OCC1CCCCCO1. The van der Waals surface area contributed by atoms with Crippen LogP contribution in [0, 0.1) is 16.0 Å². The van der Waals surface area contributed by atoms with Gasteiger partial charge in [0.15, 0.2) is 11.5 Å². The van der Waals surface area contributed by atoms with Crippen molar-refractivity contribution in [3.63, 3.8) is 0 Å². The van der Waals surface area contributed by atoms with Gasteiger partial charge in [0, 0.05) is 12.7 Å². The summed E-state index contributed by atoms with van der Waals surface area (Å²) in [6, 6.07) is 4.34. The second-order valence-electron chi connectivity index (χ2n) is 6.48. The normalized spacial score (nSPS) is 17.5. The van der Waals surface area contributed by atoms with Crippen LogP contribution in [0.25, 0.3) is 0 Å². The molecule has 0 N–H and O–H groups in total. The Bertz CT molecular complexity index is 493. The third-order valence-corrected chi connectivity index (χ3v) is 3.31. The maximum atomic E-state index is 10.7. The van der Waals surface area contributed by atoms with Crippen molar-refractivity contribution in [3.8, 4) is 11.5 Å². The quantitative estimate of drug-likeness (QED) is 0.579. The Hall–Kier alpha value is -1.82. The van der Waals surface area contributed by atoms with E-state index in [9.17, 15) is 10.1 Å². The number of ether oxygens (including phenoxy) is 3. The lowest BCUT2D eigenvalue weighted by Gasteiger charge is -2.17. The molecule has 0 aliphatic carbocycles. The van der Waals surface area contributed by atoms with Crippen LogP contribution in [0.3, 0.4) is 0 Å². The minimum absolute atomic E-state index is 0.0140. The molecule has 1 atom stereocenters. The number of methoxy groups -OCH3 is 1. The molecular weight excluding hydrogens is 310 g/mol. The first-order valence-corrected chi connectivity index (χ1v) is 8.50. The predicted octanol–water partition coefficient (Wildman–Crippen LogP) is 4.60. The van der Waals surface area contributed by atoms with E-state index >= 15 is 0 Å². The van der Waals surface area contributed by atoms with Crippen molar-refractivity contribution in [1.82, 2.24) is 0 Å². The highest BCUT2D eigenvalue weighted by atomic mass is 16.6. The molecule has 1 aromatic rings. The fourth-order valence-corrected chi connectivity index (χ4v) is 2.19. The van der Waals surface area contributed by atoms with Gasteiger partial charge in [0.2, 0.25) is 0 Å². The summed E-state index contributed by atoms with van der Waals surface area (Å²) in [7, 11) is 1.47. The molecule has 0 amide bonds. The van der Waals surface area contributed by atoms with Gasteiger partial charge in [0.05, 0.1) is 24.2 Å². The smallest absolute Gasteiger partial charge is 0.273 e. The van der Waals surface area contributed by atoms with Gasteiger partial charge in [-0.2, -0.15) is 0 Å². The van der Waals surface area contributed by atoms with Crippen molar-refractivity contribution < 1.29 is 19.1 Å². The van der Waals surface area contributed by atoms with Crippen molar-refractivity contribution in [3.05, 3.63) is 28.3 Å². The Morgan fingerprint density at radius 2 is 1.96 bits per heavy atom. The molecule has 0 bridgehead atoms. The first-order valence-electron chi connectivity index (χ1n) is 8.50. The average Bonchev–Trinajstić information content (AvgIpc) is 2.80. The van der Waals surface area contributed by atoms with E-state index in [4.69, 9.17) is 14.2 Å². The summed E-state index contributed by atoms with van der Waals surface area (Å²) in [5, 5.41) is 10.7. The van der Waals surface area contributed by atoms with Crippen molar-refractivity contribution in [2.24, 2.45) is 5.92 Å². The lowest BCUT2D eigenvalue weighted by atomic mass is 10.1. The molecular formula is C18H29NO5. The second kappa shape index (κ2) is 10.9. The molecule has 1 unspecified atom stereocenters. The van der Waals surface area contributed by atoms with E-state index in [2.05, 4.69) is 20.8 Å². The maximum Gasteiger partial charge on any atom is 0.273 e. The van der Waals surface area contributed by atoms with E-state index in [1.54, 1.807) is 6.07 Å². The summed E-state index contributed by atoms with van der Waals surface area (Å²) >= 11 is 0. The third kappa shape index (κ3) is 7.64. The lowest BCUT2D eigenvalue weighted by molar-refractivity contribution is -0.385. The first-order chi connectivity index (χ1) is 11.4. The highest BCUT2D eigenvalue weighted by Gasteiger charge is 2.16. The van der Waals surface area contributed by atoms with E-state index in [0.29, 0.717) is 18.1 Å². The molecule has 0 saturated carbocycles. The molecule has 6 heteroatoms. The number of nitrogens with zero attached hydrogens (tertiary/aromatic N) is 1. The van der Waals surface area contributed by atoms with Crippen molar-refractivity contribution in [1.29, 1.82) is 0 Å². The zero-order chi connectivity index (χ0) is 17.9. The summed E-state index contributed by atoms with van der Waals surface area (Å²) in [5.41, 5.74) is -0.0140. The topological polar surface area (TPSA) is 70.8 Å². The van der Waals surface area contributed by atoms with E-state index < -0.39 is 4.92 Å². The van der Waals surface area contributed by atoms with E-state index in [0.717, 1.165) is 31.8 Å². The second-order valence-corrected chi connectivity index (χ2v) is 6.48. The van der Waals surface area contributed by atoms with Crippen LogP contribution in [0.1, 0.15) is 46.5 Å². The molecule has 1 aromatic carbocycles. The molecule has 1 saturated heterocycles. The highest BCUT2D eigenvalue weighted by molar-refractivity contribution is 5.48. The Morgan fingerprint density at radius 1 is 1.25 bits per heavy atom. The van der Waals surface area contributed by atoms with Gasteiger partial charge in [-0.05, 0) is 24.8 Å². The van der Waals surface area contributed by atoms with Crippen molar-refractivity contribution in [2.75, 3.05) is 20.3 Å². The van der Waals surface area contributed by atoms with Gasteiger partial charge in [-0.25, -0.2) is 0 Å². The number of non-ortho nitro benzene ring substituents is 1. The first kappa shape index (κ1) is 20.2. The molecule has 24 heavy (non-hydrogen) atoms. The summed E-state index contributed by atoms with van der Waals surface area (Å²) < 4.78 is 16.5. The monoisotopic (exact) mass is 339 g/mol. The number of rotatable bonds is 5. The summed E-state index contributed by atoms with van der Waals surface area (Å²) in [5.74, 6) is 1.71. The van der Waals surface area contributed by atoms with Crippen LogP contribution in [0.2, 0.25) is 0 Å². The average molecular weight is 339 g/mol. The van der Waals surface area contributed by atoms with Crippen LogP contribution in [-0.4, -0.2) is 31.4 Å². The number of hydrogen-bond acceptors (Lipinski definition) is 5. The molecule has 2 rings (SSSR count). The van der Waals surface area contributed by atoms with Crippen molar-refractivity contribution >= 4 is 5.69 Å².